The fourth-order valence-electron chi connectivity index (χ4n) is 3.47. The summed E-state index contributed by atoms with van der Waals surface area (Å²) < 4.78 is 13.4. The molecule has 0 aliphatic carbocycles. The number of methoxy groups -OCH3 is 2. The highest BCUT2D eigenvalue weighted by molar-refractivity contribution is 5.82. The highest BCUT2D eigenvalue weighted by Gasteiger charge is 2.21. The summed E-state index contributed by atoms with van der Waals surface area (Å²) in [6, 6.07) is 17.3. The average molecular weight is 429 g/mol. The van der Waals surface area contributed by atoms with Crippen LogP contribution in [0.3, 0.4) is 0 Å². The van der Waals surface area contributed by atoms with Gasteiger partial charge in [-0.1, -0.05) is 30.3 Å². The maximum absolute atomic E-state index is 12.0. The van der Waals surface area contributed by atoms with Crippen molar-refractivity contribution in [1.29, 1.82) is 0 Å². The van der Waals surface area contributed by atoms with E-state index in [0.29, 0.717) is 34.9 Å². The zero-order valence-electron chi connectivity index (χ0n) is 17.5. The lowest BCUT2D eigenvalue weighted by atomic mass is 10.1. The van der Waals surface area contributed by atoms with Crippen LogP contribution in [0.1, 0.15) is 17.1 Å². The molecule has 3 heterocycles. The monoisotopic (exact) mass is 429 g/mol. The van der Waals surface area contributed by atoms with Crippen LogP contribution < -0.4 is 4.74 Å². The number of benzene rings is 2. The zero-order valence-corrected chi connectivity index (χ0v) is 17.5. The SMILES string of the molecule is COC(=O)Cc1nn(-c2ccc(OC)cc2)c2c1nnc1nc(Cc3ccccc3)nn12. The molecular formula is C22H19N7O3. The first-order valence-electron chi connectivity index (χ1n) is 9.91. The Hall–Kier alpha value is -4.34. The third-order valence-electron chi connectivity index (χ3n) is 5.04. The molecule has 160 valence electrons. The minimum absolute atomic E-state index is 0.0398. The van der Waals surface area contributed by atoms with Crippen LogP contribution in [0.25, 0.3) is 22.6 Å². The van der Waals surface area contributed by atoms with E-state index in [2.05, 4.69) is 25.4 Å². The quantitative estimate of drug-likeness (QED) is 0.378. The van der Waals surface area contributed by atoms with E-state index in [1.54, 1.807) is 16.3 Å². The Morgan fingerprint density at radius 3 is 2.47 bits per heavy atom. The summed E-state index contributed by atoms with van der Waals surface area (Å²) in [6.07, 6.45) is 0.513. The Labute approximate surface area is 182 Å². The Balaban J connectivity index is 1.68. The van der Waals surface area contributed by atoms with Crippen LogP contribution in [-0.2, 0) is 22.4 Å². The van der Waals surface area contributed by atoms with Crippen molar-refractivity contribution in [2.75, 3.05) is 14.2 Å². The molecule has 3 aromatic heterocycles. The third kappa shape index (κ3) is 3.51. The molecule has 0 spiro atoms. The van der Waals surface area contributed by atoms with Crippen molar-refractivity contribution in [2.24, 2.45) is 0 Å². The average Bonchev–Trinajstić information content (AvgIpc) is 3.40. The van der Waals surface area contributed by atoms with Crippen molar-refractivity contribution in [3.8, 4) is 11.4 Å². The van der Waals surface area contributed by atoms with Gasteiger partial charge in [-0.3, -0.25) is 4.79 Å². The molecule has 0 aliphatic rings. The number of nitrogens with zero attached hydrogens (tertiary/aromatic N) is 7. The predicted molar refractivity (Wildman–Crippen MR) is 115 cm³/mol. The molecule has 0 amide bonds. The standard InChI is InChI=1S/C22H19N7O3/c1-31-16-10-8-15(9-11-16)28-21-20(17(26-28)13-19(30)32-2)24-25-22-23-18(27-29(21)22)12-14-6-4-3-5-7-14/h3-11H,12-13H2,1-2H3. The molecule has 0 aliphatic heterocycles. The zero-order chi connectivity index (χ0) is 22.1. The summed E-state index contributed by atoms with van der Waals surface area (Å²) in [4.78, 5) is 16.5. The van der Waals surface area contributed by atoms with Crippen LogP contribution in [0.4, 0.5) is 0 Å². The van der Waals surface area contributed by atoms with Crippen molar-refractivity contribution in [3.05, 3.63) is 71.7 Å². The molecule has 5 aromatic rings. The number of aromatic nitrogens is 7. The molecule has 0 unspecified atom stereocenters. The van der Waals surface area contributed by atoms with Gasteiger partial charge in [-0.15, -0.1) is 15.3 Å². The van der Waals surface area contributed by atoms with Gasteiger partial charge in [-0.05, 0) is 29.8 Å². The molecule has 0 saturated carbocycles. The van der Waals surface area contributed by atoms with Gasteiger partial charge in [0.05, 0.1) is 26.3 Å². The lowest BCUT2D eigenvalue weighted by molar-refractivity contribution is -0.139. The van der Waals surface area contributed by atoms with Gasteiger partial charge < -0.3 is 9.47 Å². The van der Waals surface area contributed by atoms with Crippen LogP contribution in [0.15, 0.2) is 54.6 Å². The Bertz CT molecular complexity index is 1410. The first-order chi connectivity index (χ1) is 15.7. The van der Waals surface area contributed by atoms with E-state index in [1.165, 1.54) is 7.11 Å². The number of ether oxygens (including phenoxy) is 2. The van der Waals surface area contributed by atoms with E-state index in [1.807, 2.05) is 54.6 Å². The van der Waals surface area contributed by atoms with E-state index >= 15 is 0 Å². The Morgan fingerprint density at radius 2 is 1.75 bits per heavy atom. The smallest absolute Gasteiger partial charge is 0.311 e. The van der Waals surface area contributed by atoms with Crippen LogP contribution >= 0.6 is 0 Å². The molecule has 0 radical (unpaired) electrons. The third-order valence-corrected chi connectivity index (χ3v) is 5.04. The summed E-state index contributed by atoms with van der Waals surface area (Å²) in [6.45, 7) is 0. The molecular weight excluding hydrogens is 410 g/mol. The van der Waals surface area contributed by atoms with Crippen LogP contribution in [0.2, 0.25) is 0 Å². The van der Waals surface area contributed by atoms with E-state index < -0.39 is 5.97 Å². The number of carbonyl (C=O) groups is 1. The normalized spacial score (nSPS) is 11.2. The summed E-state index contributed by atoms with van der Waals surface area (Å²) in [5.74, 6) is 1.25. The first kappa shape index (κ1) is 19.6. The number of fused-ring (bicyclic) bond motifs is 3. The lowest BCUT2D eigenvalue weighted by Gasteiger charge is -2.05. The van der Waals surface area contributed by atoms with Crippen molar-refractivity contribution < 1.29 is 14.3 Å². The summed E-state index contributed by atoms with van der Waals surface area (Å²) in [5.41, 5.74) is 3.29. The number of esters is 1. The van der Waals surface area contributed by atoms with Crippen LogP contribution in [-0.4, -0.2) is 54.8 Å². The lowest BCUT2D eigenvalue weighted by Crippen LogP contribution is -2.06. The van der Waals surface area contributed by atoms with Gasteiger partial charge in [0.15, 0.2) is 17.0 Å². The Morgan fingerprint density at radius 1 is 0.969 bits per heavy atom. The summed E-state index contributed by atoms with van der Waals surface area (Å²) >= 11 is 0. The molecule has 2 aromatic carbocycles. The fraction of sp³-hybridized carbons (Fsp3) is 0.182. The molecule has 5 rings (SSSR count). The largest absolute Gasteiger partial charge is 0.497 e. The molecule has 10 nitrogen and oxygen atoms in total. The van der Waals surface area contributed by atoms with Gasteiger partial charge in [0.1, 0.15) is 11.4 Å². The van der Waals surface area contributed by atoms with Crippen molar-refractivity contribution in [2.45, 2.75) is 12.8 Å². The van der Waals surface area contributed by atoms with Crippen molar-refractivity contribution >= 4 is 22.9 Å². The number of hydrogen-bond donors (Lipinski definition) is 0. The molecule has 0 saturated heterocycles. The molecule has 10 heteroatoms. The molecule has 0 fully saturated rings. The van der Waals surface area contributed by atoms with Crippen molar-refractivity contribution in [1.82, 2.24) is 34.6 Å². The van der Waals surface area contributed by atoms with E-state index in [9.17, 15) is 4.79 Å². The van der Waals surface area contributed by atoms with Crippen LogP contribution in [0.5, 0.6) is 5.75 Å². The highest BCUT2D eigenvalue weighted by atomic mass is 16.5. The second-order valence-corrected chi connectivity index (χ2v) is 7.08. The van der Waals surface area contributed by atoms with Gasteiger partial charge >= 0.3 is 5.97 Å². The van der Waals surface area contributed by atoms with Crippen molar-refractivity contribution in [3.63, 3.8) is 0 Å². The minimum atomic E-state index is -0.420. The number of hydrogen-bond acceptors (Lipinski definition) is 8. The van der Waals surface area contributed by atoms with E-state index in [-0.39, 0.29) is 6.42 Å². The topological polar surface area (TPSA) is 109 Å². The highest BCUT2D eigenvalue weighted by Crippen LogP contribution is 2.23. The maximum atomic E-state index is 12.0. The van der Waals surface area contributed by atoms with Gasteiger partial charge in [-0.25, -0.2) is 4.68 Å². The molecule has 0 atom stereocenters. The molecule has 0 N–H and O–H groups in total. The van der Waals surface area contributed by atoms with Gasteiger partial charge in [0.2, 0.25) is 0 Å². The Kier molecular flexibility index (Phi) is 4.94. The predicted octanol–water partition coefficient (Wildman–Crippen LogP) is 2.17. The van der Waals surface area contributed by atoms with E-state index in [4.69, 9.17) is 9.47 Å². The number of carbonyl (C=O) groups excluding carboxylic acids is 1. The first-order valence-corrected chi connectivity index (χ1v) is 9.91. The summed E-state index contributed by atoms with van der Waals surface area (Å²) in [5, 5.41) is 17.8. The van der Waals surface area contributed by atoms with Crippen LogP contribution in [0, 0.1) is 0 Å². The van der Waals surface area contributed by atoms with Gasteiger partial charge in [0.25, 0.3) is 5.78 Å². The second-order valence-electron chi connectivity index (χ2n) is 7.08. The second kappa shape index (κ2) is 8.06. The van der Waals surface area contributed by atoms with Gasteiger partial charge in [0, 0.05) is 6.42 Å². The number of rotatable bonds is 6. The molecule has 0 bridgehead atoms. The van der Waals surface area contributed by atoms with E-state index in [0.717, 1.165) is 17.0 Å². The fourth-order valence-corrected chi connectivity index (χ4v) is 3.47. The summed E-state index contributed by atoms with van der Waals surface area (Å²) in [7, 11) is 2.94. The minimum Gasteiger partial charge on any atom is -0.497 e. The molecule has 32 heavy (non-hydrogen) atoms. The van der Waals surface area contributed by atoms with Gasteiger partial charge in [-0.2, -0.15) is 14.6 Å². The maximum Gasteiger partial charge on any atom is 0.311 e.